The van der Waals surface area contributed by atoms with Crippen LogP contribution in [0, 0.1) is 0 Å². The van der Waals surface area contributed by atoms with E-state index in [0.717, 1.165) is 29.6 Å². The highest BCUT2D eigenvalue weighted by Gasteiger charge is 2.16. The number of imidazole rings is 1. The van der Waals surface area contributed by atoms with Crippen molar-refractivity contribution in [1.82, 2.24) is 9.97 Å². The molecule has 1 aliphatic rings. The molecule has 0 spiro atoms. The maximum absolute atomic E-state index is 11.2. The highest BCUT2D eigenvalue weighted by atomic mass is 32.2. The van der Waals surface area contributed by atoms with Crippen molar-refractivity contribution in [1.29, 1.82) is 0 Å². The minimum atomic E-state index is 0.253. The lowest BCUT2D eigenvalue weighted by atomic mass is 10.1. The van der Waals surface area contributed by atoms with Crippen LogP contribution in [0.1, 0.15) is 51.9 Å². The van der Waals surface area contributed by atoms with E-state index in [0.29, 0.717) is 5.75 Å². The summed E-state index contributed by atoms with van der Waals surface area (Å²) in [5, 5.41) is 0. The van der Waals surface area contributed by atoms with Gasteiger partial charge in [-0.2, -0.15) is 0 Å². The van der Waals surface area contributed by atoms with Crippen LogP contribution in [-0.2, 0) is 4.79 Å². The molecule has 0 atom stereocenters. The van der Waals surface area contributed by atoms with Gasteiger partial charge in [0.2, 0.25) is 0 Å². The van der Waals surface area contributed by atoms with Crippen LogP contribution in [0.2, 0.25) is 0 Å². The number of Topliss-reactive ketones (excluding diaryl/α,β-unsaturated/α-hetero) is 1. The zero-order chi connectivity index (χ0) is 16.3. The maximum Gasteiger partial charge on any atom is 0.189 e. The van der Waals surface area contributed by atoms with Crippen molar-refractivity contribution in [3.05, 3.63) is 30.6 Å². The Morgan fingerprint density at radius 3 is 2.65 bits per heavy atom. The first-order chi connectivity index (χ1) is 11.3. The first-order valence-electron chi connectivity index (χ1n) is 8.41. The number of para-hydroxylation sites is 2. The third-order valence-electron chi connectivity index (χ3n) is 3.79. The normalized spacial score (nSPS) is 13.8. The number of nitrogens with zero attached hydrogens (tertiary/aromatic N) is 2. The van der Waals surface area contributed by atoms with Gasteiger partial charge in [-0.15, -0.1) is 0 Å². The van der Waals surface area contributed by atoms with E-state index in [9.17, 15) is 4.79 Å². The summed E-state index contributed by atoms with van der Waals surface area (Å²) in [6.07, 6.45) is 10.3. The van der Waals surface area contributed by atoms with Gasteiger partial charge in [-0.25, -0.2) is 9.38 Å². The highest BCUT2D eigenvalue weighted by molar-refractivity contribution is 7.99. The van der Waals surface area contributed by atoms with Gasteiger partial charge in [0.1, 0.15) is 0 Å². The van der Waals surface area contributed by atoms with Crippen molar-refractivity contribution in [2.75, 3.05) is 5.75 Å². The lowest BCUT2D eigenvalue weighted by Gasteiger charge is -1.99. The van der Waals surface area contributed by atoms with Crippen LogP contribution in [-0.4, -0.2) is 27.2 Å². The molecule has 0 saturated carbocycles. The van der Waals surface area contributed by atoms with Gasteiger partial charge in [0.25, 0.3) is 0 Å². The zero-order valence-corrected chi connectivity index (χ0v) is 14.6. The Balaban J connectivity index is 0.000000182. The van der Waals surface area contributed by atoms with E-state index >= 15 is 0 Å². The predicted octanol–water partition coefficient (Wildman–Crippen LogP) is 4.97. The van der Waals surface area contributed by atoms with Gasteiger partial charge in [0.05, 0.1) is 28.8 Å². The minimum Gasteiger partial charge on any atom is -0.345 e. The van der Waals surface area contributed by atoms with E-state index in [1.54, 1.807) is 6.33 Å². The second-order valence-electron chi connectivity index (χ2n) is 5.67. The van der Waals surface area contributed by atoms with Gasteiger partial charge in [0, 0.05) is 0 Å². The molecule has 23 heavy (non-hydrogen) atoms. The summed E-state index contributed by atoms with van der Waals surface area (Å²) in [6, 6.07) is 7.94. The fourth-order valence-electron chi connectivity index (χ4n) is 2.44. The second-order valence-corrected chi connectivity index (χ2v) is 6.40. The van der Waals surface area contributed by atoms with Gasteiger partial charge in [0.15, 0.2) is 5.78 Å². The van der Waals surface area contributed by atoms with E-state index in [1.165, 1.54) is 44.1 Å². The molecule has 0 fully saturated rings. The lowest BCUT2D eigenvalue weighted by molar-refractivity contribution is -0.110. The fourth-order valence-corrected chi connectivity index (χ4v) is 3.14. The third kappa shape index (κ3) is 6.18. The summed E-state index contributed by atoms with van der Waals surface area (Å²) in [5.74, 6) is 0.828. The average molecular weight is 331 g/mol. The van der Waals surface area contributed by atoms with Crippen LogP contribution in [0.25, 0.3) is 11.0 Å². The Labute approximate surface area is 142 Å². The fraction of sp³-hybridized carbons (Fsp3) is 0.500. The summed E-state index contributed by atoms with van der Waals surface area (Å²) in [6.45, 7) is 2.23. The molecule has 2 aromatic rings. The molecule has 5 heteroatoms. The molecule has 1 aromatic heterocycles. The second kappa shape index (κ2) is 10.2. The number of aromatic nitrogens is 2. The van der Waals surface area contributed by atoms with Crippen molar-refractivity contribution in [2.24, 2.45) is 4.40 Å². The summed E-state index contributed by atoms with van der Waals surface area (Å²) < 4.78 is 4.13. The topological polar surface area (TPSA) is 58.1 Å². The standard InChI is InChI=1S/C11H19NOS.C7H6N2/c1-2-3-4-5-6-7-8-10-11(13)9-14-12-10;1-2-4-7-6(3-1)8-5-9-7/h2-9H2,1H3;1-5H,(H,8,9). The number of aromatic amines is 1. The average Bonchev–Trinajstić information content (AvgIpc) is 3.20. The molecular formula is C18H25N3OS. The monoisotopic (exact) mass is 331 g/mol. The van der Waals surface area contributed by atoms with Gasteiger partial charge in [-0.1, -0.05) is 51.2 Å². The summed E-state index contributed by atoms with van der Waals surface area (Å²) in [4.78, 5) is 18.3. The molecule has 124 valence electrons. The molecule has 2 heterocycles. The molecule has 1 aliphatic heterocycles. The van der Waals surface area contributed by atoms with E-state index < -0.39 is 0 Å². The predicted molar refractivity (Wildman–Crippen MR) is 99.0 cm³/mol. The third-order valence-corrected chi connectivity index (χ3v) is 4.53. The molecule has 4 nitrogen and oxygen atoms in total. The van der Waals surface area contributed by atoms with Crippen molar-refractivity contribution in [3.63, 3.8) is 0 Å². The Kier molecular flexibility index (Phi) is 7.87. The van der Waals surface area contributed by atoms with E-state index in [1.807, 2.05) is 24.3 Å². The Morgan fingerprint density at radius 2 is 1.91 bits per heavy atom. The molecule has 0 aliphatic carbocycles. The van der Waals surface area contributed by atoms with Crippen LogP contribution in [0.3, 0.4) is 0 Å². The van der Waals surface area contributed by atoms with Crippen molar-refractivity contribution in [3.8, 4) is 0 Å². The molecule has 0 unspecified atom stereocenters. The van der Waals surface area contributed by atoms with Crippen LogP contribution in [0.5, 0.6) is 0 Å². The highest BCUT2D eigenvalue weighted by Crippen LogP contribution is 2.16. The number of fused-ring (bicyclic) bond motifs is 1. The number of benzene rings is 1. The first kappa shape index (κ1) is 17.7. The Morgan fingerprint density at radius 1 is 1.13 bits per heavy atom. The molecule has 3 rings (SSSR count). The van der Waals surface area contributed by atoms with Crippen molar-refractivity contribution < 1.29 is 4.79 Å². The number of ketones is 1. The van der Waals surface area contributed by atoms with Crippen LogP contribution >= 0.6 is 11.9 Å². The smallest absolute Gasteiger partial charge is 0.189 e. The summed E-state index contributed by atoms with van der Waals surface area (Å²) in [5.41, 5.74) is 2.94. The molecule has 0 saturated heterocycles. The van der Waals surface area contributed by atoms with Crippen molar-refractivity contribution >= 4 is 34.5 Å². The molecule has 1 N–H and O–H groups in total. The number of carbonyl (C=O) groups is 1. The van der Waals surface area contributed by atoms with Crippen LogP contribution < -0.4 is 0 Å². The number of H-pyrrole nitrogens is 1. The number of rotatable bonds is 7. The van der Waals surface area contributed by atoms with Crippen molar-refractivity contribution in [2.45, 2.75) is 51.9 Å². The molecular weight excluding hydrogens is 306 g/mol. The number of hydrogen-bond donors (Lipinski definition) is 1. The van der Waals surface area contributed by atoms with Gasteiger partial charge in [-0.05, 0) is 36.9 Å². The summed E-state index contributed by atoms with van der Waals surface area (Å²) in [7, 11) is 0. The molecule has 1 aromatic carbocycles. The number of carbonyl (C=O) groups excluding carboxylic acids is 1. The van der Waals surface area contributed by atoms with Gasteiger partial charge >= 0.3 is 0 Å². The largest absolute Gasteiger partial charge is 0.345 e. The van der Waals surface area contributed by atoms with E-state index in [2.05, 4.69) is 21.3 Å². The molecule has 0 bridgehead atoms. The Hall–Kier alpha value is -1.62. The number of hydrogen-bond acceptors (Lipinski definition) is 4. The lowest BCUT2D eigenvalue weighted by Crippen LogP contribution is -2.10. The van der Waals surface area contributed by atoms with E-state index in [4.69, 9.17) is 0 Å². The number of nitrogens with one attached hydrogen (secondary N) is 1. The van der Waals surface area contributed by atoms with Crippen LogP contribution in [0.15, 0.2) is 35.0 Å². The first-order valence-corrected chi connectivity index (χ1v) is 9.35. The van der Waals surface area contributed by atoms with Crippen LogP contribution in [0.4, 0.5) is 0 Å². The number of unbranched alkanes of at least 4 members (excludes halogenated alkanes) is 5. The maximum atomic E-state index is 11.2. The minimum absolute atomic E-state index is 0.253. The molecule has 0 radical (unpaired) electrons. The molecule has 0 amide bonds. The van der Waals surface area contributed by atoms with Gasteiger partial charge < -0.3 is 4.98 Å². The van der Waals surface area contributed by atoms with Gasteiger partial charge in [-0.3, -0.25) is 4.79 Å². The Bertz CT molecular complexity index is 606. The SMILES string of the molecule is CCCCCCCCC1=NSCC1=O.c1ccc2[nH]cnc2c1. The quantitative estimate of drug-likeness (QED) is 0.575. The summed E-state index contributed by atoms with van der Waals surface area (Å²) >= 11 is 1.40. The zero-order valence-electron chi connectivity index (χ0n) is 13.8. The van der Waals surface area contributed by atoms with E-state index in [-0.39, 0.29) is 5.78 Å².